The van der Waals surface area contributed by atoms with E-state index in [1.807, 2.05) is 6.92 Å². The van der Waals surface area contributed by atoms with Gasteiger partial charge in [0.15, 0.2) is 0 Å². The van der Waals surface area contributed by atoms with Gasteiger partial charge in [-0.05, 0) is 30.7 Å². The Morgan fingerprint density at radius 3 is 2.15 bits per heavy atom. The molecule has 0 bridgehead atoms. The van der Waals surface area contributed by atoms with Crippen molar-refractivity contribution in [1.29, 1.82) is 10.5 Å². The molecule has 0 aliphatic carbocycles. The highest BCUT2D eigenvalue weighted by Gasteiger charge is 2.23. The molecule has 0 atom stereocenters. The lowest BCUT2D eigenvalue weighted by Gasteiger charge is -2.16. The first kappa shape index (κ1) is 16.0. The van der Waals surface area contributed by atoms with Crippen molar-refractivity contribution >= 4 is 15.7 Å². The van der Waals surface area contributed by atoms with Crippen molar-refractivity contribution in [2.45, 2.75) is 18.2 Å². The van der Waals surface area contributed by atoms with Gasteiger partial charge in [0, 0.05) is 12.2 Å². The fourth-order valence-corrected chi connectivity index (χ4v) is 2.78. The molecule has 1 N–H and O–H groups in total. The number of hydrogen-bond acceptors (Lipinski definition) is 5. The summed E-state index contributed by atoms with van der Waals surface area (Å²) in [6.07, 6.45) is 0.970. The lowest BCUT2D eigenvalue weighted by atomic mass is 10.3. The van der Waals surface area contributed by atoms with Crippen LogP contribution in [0.5, 0.6) is 0 Å². The summed E-state index contributed by atoms with van der Waals surface area (Å²) in [5.41, 5.74) is 0.831. The molecule has 7 heteroatoms. The fourth-order valence-electron chi connectivity index (χ4n) is 1.55. The molecule has 0 aliphatic heterocycles. The standard InChI is InChI=1S/C13H16N4O2S/c1-2-9-16-12-3-5-13(6-4-12)20(18,19)17(10-7-14)11-8-15/h3-6,16H,2,9-11H2,1H3. The molecule has 1 rings (SSSR count). The van der Waals surface area contributed by atoms with E-state index in [0.29, 0.717) is 0 Å². The van der Waals surface area contributed by atoms with Crippen LogP contribution in [0.15, 0.2) is 29.2 Å². The van der Waals surface area contributed by atoms with Gasteiger partial charge in [0.2, 0.25) is 10.0 Å². The lowest BCUT2D eigenvalue weighted by Crippen LogP contribution is -2.31. The largest absolute Gasteiger partial charge is 0.385 e. The summed E-state index contributed by atoms with van der Waals surface area (Å²) < 4.78 is 25.3. The maximum Gasteiger partial charge on any atom is 0.244 e. The topological polar surface area (TPSA) is 97.0 Å². The van der Waals surface area contributed by atoms with E-state index in [4.69, 9.17) is 10.5 Å². The minimum atomic E-state index is -3.80. The molecule has 0 saturated heterocycles. The molecule has 0 heterocycles. The Labute approximate surface area is 119 Å². The summed E-state index contributed by atoms with van der Waals surface area (Å²) in [5, 5.41) is 20.4. The summed E-state index contributed by atoms with van der Waals surface area (Å²) >= 11 is 0. The number of anilines is 1. The summed E-state index contributed by atoms with van der Waals surface area (Å²) in [7, 11) is -3.80. The lowest BCUT2D eigenvalue weighted by molar-refractivity contribution is 0.479. The van der Waals surface area contributed by atoms with E-state index >= 15 is 0 Å². The molecule has 106 valence electrons. The first-order valence-electron chi connectivity index (χ1n) is 6.14. The zero-order valence-corrected chi connectivity index (χ0v) is 12.0. The van der Waals surface area contributed by atoms with Gasteiger partial charge in [0.05, 0.1) is 17.0 Å². The molecule has 6 nitrogen and oxygen atoms in total. The van der Waals surface area contributed by atoms with Crippen LogP contribution < -0.4 is 5.32 Å². The van der Waals surface area contributed by atoms with Crippen molar-refractivity contribution in [3.05, 3.63) is 24.3 Å². The van der Waals surface area contributed by atoms with Gasteiger partial charge in [-0.3, -0.25) is 0 Å². The molecular formula is C13H16N4O2S. The molecule has 0 aromatic heterocycles. The molecule has 1 aromatic carbocycles. The number of sulfonamides is 1. The van der Waals surface area contributed by atoms with Crippen LogP contribution >= 0.6 is 0 Å². The fraction of sp³-hybridized carbons (Fsp3) is 0.385. The van der Waals surface area contributed by atoms with Gasteiger partial charge in [-0.15, -0.1) is 0 Å². The Morgan fingerprint density at radius 1 is 1.15 bits per heavy atom. The van der Waals surface area contributed by atoms with Gasteiger partial charge in [0.25, 0.3) is 0 Å². The second-order valence-corrected chi connectivity index (χ2v) is 5.98. The quantitative estimate of drug-likeness (QED) is 0.769. The molecule has 0 unspecified atom stereocenters. The van der Waals surface area contributed by atoms with Crippen LogP contribution in [0.2, 0.25) is 0 Å². The Bertz CT molecular complexity index is 595. The number of hydrogen-bond donors (Lipinski definition) is 1. The normalized spacial score (nSPS) is 10.8. The maximum absolute atomic E-state index is 12.2. The Hall–Kier alpha value is -2.09. The van der Waals surface area contributed by atoms with E-state index in [9.17, 15) is 8.42 Å². The molecule has 0 spiro atoms. The monoisotopic (exact) mass is 292 g/mol. The molecule has 0 fully saturated rings. The number of benzene rings is 1. The highest BCUT2D eigenvalue weighted by atomic mass is 32.2. The zero-order valence-electron chi connectivity index (χ0n) is 11.2. The molecule has 1 aromatic rings. The van der Waals surface area contributed by atoms with Crippen molar-refractivity contribution in [3.63, 3.8) is 0 Å². The van der Waals surface area contributed by atoms with Crippen LogP contribution in [0.3, 0.4) is 0 Å². The van der Waals surface area contributed by atoms with Crippen molar-refractivity contribution < 1.29 is 8.42 Å². The molecular weight excluding hydrogens is 276 g/mol. The van der Waals surface area contributed by atoms with Gasteiger partial charge in [0.1, 0.15) is 13.1 Å². The van der Waals surface area contributed by atoms with Crippen LogP contribution in [0, 0.1) is 22.7 Å². The number of rotatable bonds is 7. The SMILES string of the molecule is CCCNc1ccc(S(=O)(=O)N(CC#N)CC#N)cc1. The third-order valence-electron chi connectivity index (χ3n) is 2.57. The Kier molecular flexibility index (Phi) is 5.98. The predicted molar refractivity (Wildman–Crippen MR) is 75.2 cm³/mol. The van der Waals surface area contributed by atoms with E-state index in [-0.39, 0.29) is 18.0 Å². The first-order valence-corrected chi connectivity index (χ1v) is 7.58. The maximum atomic E-state index is 12.2. The van der Waals surface area contributed by atoms with E-state index < -0.39 is 10.0 Å². The molecule has 0 amide bonds. The van der Waals surface area contributed by atoms with Gasteiger partial charge < -0.3 is 5.32 Å². The van der Waals surface area contributed by atoms with E-state index in [2.05, 4.69) is 5.32 Å². The summed E-state index contributed by atoms with van der Waals surface area (Å²) in [5.74, 6) is 0. The third kappa shape index (κ3) is 3.95. The van der Waals surface area contributed by atoms with Crippen molar-refractivity contribution in [1.82, 2.24) is 4.31 Å². The van der Waals surface area contributed by atoms with Crippen LogP contribution in [0.25, 0.3) is 0 Å². The van der Waals surface area contributed by atoms with E-state index in [1.54, 1.807) is 24.3 Å². The highest BCUT2D eigenvalue weighted by molar-refractivity contribution is 7.89. The van der Waals surface area contributed by atoms with Crippen LogP contribution in [0.4, 0.5) is 5.69 Å². The smallest absolute Gasteiger partial charge is 0.244 e. The van der Waals surface area contributed by atoms with Gasteiger partial charge in [-0.1, -0.05) is 6.92 Å². The number of nitrogens with zero attached hydrogens (tertiary/aromatic N) is 3. The summed E-state index contributed by atoms with van der Waals surface area (Å²) in [6, 6.07) is 9.77. The van der Waals surface area contributed by atoms with Gasteiger partial charge >= 0.3 is 0 Å². The highest BCUT2D eigenvalue weighted by Crippen LogP contribution is 2.18. The van der Waals surface area contributed by atoms with E-state index in [1.165, 1.54) is 12.1 Å². The van der Waals surface area contributed by atoms with Crippen molar-refractivity contribution in [2.24, 2.45) is 0 Å². The minimum Gasteiger partial charge on any atom is -0.385 e. The predicted octanol–water partition coefficient (Wildman–Crippen LogP) is 1.55. The van der Waals surface area contributed by atoms with Crippen molar-refractivity contribution in [2.75, 3.05) is 25.0 Å². The minimum absolute atomic E-state index is 0.0741. The van der Waals surface area contributed by atoms with Crippen LogP contribution in [-0.2, 0) is 10.0 Å². The van der Waals surface area contributed by atoms with Gasteiger partial charge in [-0.2, -0.15) is 14.8 Å². The van der Waals surface area contributed by atoms with Crippen LogP contribution in [0.1, 0.15) is 13.3 Å². The average Bonchev–Trinajstić information content (AvgIpc) is 2.45. The first-order chi connectivity index (χ1) is 9.56. The molecule has 0 aliphatic rings. The summed E-state index contributed by atoms with van der Waals surface area (Å²) in [6.45, 7) is 2.16. The third-order valence-corrected chi connectivity index (χ3v) is 4.37. The van der Waals surface area contributed by atoms with Crippen molar-refractivity contribution in [3.8, 4) is 12.1 Å². The second kappa shape index (κ2) is 7.49. The molecule has 20 heavy (non-hydrogen) atoms. The Morgan fingerprint density at radius 2 is 1.70 bits per heavy atom. The molecule has 0 saturated carbocycles. The summed E-state index contributed by atoms with van der Waals surface area (Å²) in [4.78, 5) is 0.0741. The molecule has 0 radical (unpaired) electrons. The van der Waals surface area contributed by atoms with E-state index in [0.717, 1.165) is 23.0 Å². The van der Waals surface area contributed by atoms with Crippen LogP contribution in [-0.4, -0.2) is 32.4 Å². The number of nitriles is 2. The number of nitrogens with one attached hydrogen (secondary N) is 1. The Balaban J connectivity index is 2.97. The second-order valence-electron chi connectivity index (χ2n) is 4.04. The average molecular weight is 292 g/mol. The zero-order chi connectivity index (χ0) is 15.0. The van der Waals surface area contributed by atoms with Gasteiger partial charge in [-0.25, -0.2) is 8.42 Å².